The number of hydrogen-bond acceptors (Lipinski definition) is 6. The highest BCUT2D eigenvalue weighted by Crippen LogP contribution is 2.18. The lowest BCUT2D eigenvalue weighted by atomic mass is 10.2. The van der Waals surface area contributed by atoms with Crippen LogP contribution in [0.4, 0.5) is 5.69 Å². The third kappa shape index (κ3) is 4.40. The van der Waals surface area contributed by atoms with E-state index in [-0.39, 0.29) is 23.7 Å². The van der Waals surface area contributed by atoms with Gasteiger partial charge < -0.3 is 15.5 Å². The van der Waals surface area contributed by atoms with Crippen LogP contribution in [0.15, 0.2) is 60.9 Å². The number of rotatable bonds is 8. The molecule has 3 aromatic rings. The van der Waals surface area contributed by atoms with Crippen LogP contribution in [0.1, 0.15) is 26.4 Å². The molecule has 0 fully saturated rings. The first-order valence-corrected chi connectivity index (χ1v) is 8.15. The monoisotopic (exact) mass is 380 g/mol. The summed E-state index contributed by atoms with van der Waals surface area (Å²) in [7, 11) is 0. The van der Waals surface area contributed by atoms with E-state index in [4.69, 9.17) is 15.3 Å². The average molecular weight is 380 g/mol. The molecule has 3 N–H and O–H groups in total. The first-order valence-electron chi connectivity index (χ1n) is 8.15. The molecule has 0 radical (unpaired) electrons. The van der Waals surface area contributed by atoms with Gasteiger partial charge in [0.25, 0.3) is 11.8 Å². The van der Waals surface area contributed by atoms with Crippen molar-refractivity contribution in [3.05, 3.63) is 77.7 Å². The smallest absolute Gasteiger partial charge is 0.344 e. The number of imidazole rings is 1. The van der Waals surface area contributed by atoms with Crippen LogP contribution >= 0.6 is 0 Å². The molecule has 2 aromatic carbocycles. The second-order valence-electron chi connectivity index (χ2n) is 5.57. The fraction of sp³-hybridized carbons (Fsp3) is 0.0526. The number of ether oxygens (including phenoxy) is 1. The average Bonchev–Trinajstić information content (AvgIpc) is 3.18. The topological polar surface area (TPSA) is 128 Å². The summed E-state index contributed by atoms with van der Waals surface area (Å²) >= 11 is 0. The number of nitrogens with two attached hydrogens (primary N) is 1. The minimum Gasteiger partial charge on any atom is -0.401 e. The van der Waals surface area contributed by atoms with Gasteiger partial charge in [0.2, 0.25) is 6.41 Å². The molecule has 3 rings (SSSR count). The first-order chi connectivity index (χ1) is 13.6. The predicted octanol–water partition coefficient (Wildman–Crippen LogP) is 1.82. The number of amides is 2. The number of H-pyrrole nitrogens is 1. The molecule has 0 aliphatic carbocycles. The summed E-state index contributed by atoms with van der Waals surface area (Å²) in [5, 5.41) is 1.06. The molecule has 0 unspecified atom stereocenters. The highest BCUT2D eigenvalue weighted by molar-refractivity contribution is 5.96. The maximum Gasteiger partial charge on any atom is 0.344 e. The number of aromatic amines is 1. The zero-order chi connectivity index (χ0) is 19.9. The first kappa shape index (κ1) is 18.8. The Labute approximate surface area is 159 Å². The maximum atomic E-state index is 12.2. The summed E-state index contributed by atoms with van der Waals surface area (Å²) in [4.78, 5) is 46.5. The van der Waals surface area contributed by atoms with Crippen molar-refractivity contribution in [2.24, 2.45) is 5.73 Å². The number of hydrogen-bond donors (Lipinski definition) is 2. The number of hydroxylamine groups is 1. The van der Waals surface area contributed by atoms with E-state index < -0.39 is 11.9 Å². The summed E-state index contributed by atoms with van der Waals surface area (Å²) in [5.41, 5.74) is 6.58. The van der Waals surface area contributed by atoms with Crippen LogP contribution in [0.25, 0.3) is 0 Å². The Morgan fingerprint density at radius 1 is 1.11 bits per heavy atom. The van der Waals surface area contributed by atoms with Gasteiger partial charge in [-0.3, -0.25) is 14.4 Å². The summed E-state index contributed by atoms with van der Waals surface area (Å²) in [5.74, 6) is -1.74. The van der Waals surface area contributed by atoms with Crippen molar-refractivity contribution in [3.8, 4) is 5.88 Å². The standard InChI is InChI=1S/C19H16N4O5/c20-17(25)16-18(22-11-21-16)28-19(26)14-6-8-15(9-7-14)23(12-24)27-10-13-4-2-1-3-5-13/h1-9,11-12H,10H2,(H2,20,25)(H,21,22). The Hall–Kier alpha value is -3.98. The molecule has 9 heteroatoms. The number of nitrogens with one attached hydrogen (secondary N) is 1. The molecule has 0 saturated heterocycles. The van der Waals surface area contributed by atoms with E-state index in [2.05, 4.69) is 9.97 Å². The number of nitrogens with zero attached hydrogens (tertiary/aromatic N) is 2. The van der Waals surface area contributed by atoms with E-state index in [0.717, 1.165) is 10.6 Å². The Morgan fingerprint density at radius 3 is 2.46 bits per heavy atom. The highest BCUT2D eigenvalue weighted by Gasteiger charge is 2.17. The quantitative estimate of drug-likeness (QED) is 0.349. The molecule has 142 valence electrons. The Balaban J connectivity index is 1.66. The summed E-state index contributed by atoms with van der Waals surface area (Å²) in [6, 6.07) is 15.3. The van der Waals surface area contributed by atoms with Crippen molar-refractivity contribution >= 4 is 24.0 Å². The summed E-state index contributed by atoms with van der Waals surface area (Å²) in [6.45, 7) is 0.207. The lowest BCUT2D eigenvalue weighted by Gasteiger charge is -2.17. The zero-order valence-electron chi connectivity index (χ0n) is 14.6. The molecule has 0 aliphatic heterocycles. The largest absolute Gasteiger partial charge is 0.401 e. The van der Waals surface area contributed by atoms with E-state index in [0.29, 0.717) is 12.1 Å². The molecular formula is C19H16N4O5. The molecule has 0 atom stereocenters. The summed E-state index contributed by atoms with van der Waals surface area (Å²) in [6.07, 6.45) is 1.72. The molecule has 0 spiro atoms. The normalized spacial score (nSPS) is 10.3. The molecule has 9 nitrogen and oxygen atoms in total. The van der Waals surface area contributed by atoms with Crippen LogP contribution in [-0.4, -0.2) is 28.3 Å². The van der Waals surface area contributed by atoms with Crippen LogP contribution in [0, 0.1) is 0 Å². The van der Waals surface area contributed by atoms with E-state index in [9.17, 15) is 14.4 Å². The van der Waals surface area contributed by atoms with Gasteiger partial charge >= 0.3 is 5.97 Å². The number of esters is 1. The number of carbonyl (C=O) groups is 3. The third-order valence-electron chi connectivity index (χ3n) is 3.71. The fourth-order valence-corrected chi connectivity index (χ4v) is 2.31. The lowest BCUT2D eigenvalue weighted by molar-refractivity contribution is -0.114. The van der Waals surface area contributed by atoms with Crippen molar-refractivity contribution in [3.63, 3.8) is 0 Å². The van der Waals surface area contributed by atoms with Crippen LogP contribution in [0.5, 0.6) is 5.88 Å². The van der Waals surface area contributed by atoms with Crippen molar-refractivity contribution < 1.29 is 24.0 Å². The lowest BCUT2D eigenvalue weighted by Crippen LogP contribution is -2.21. The number of primary amides is 1. The second-order valence-corrected chi connectivity index (χ2v) is 5.57. The Bertz CT molecular complexity index is 970. The number of benzene rings is 2. The molecule has 1 aromatic heterocycles. The van der Waals surface area contributed by atoms with Gasteiger partial charge in [-0.1, -0.05) is 30.3 Å². The van der Waals surface area contributed by atoms with Gasteiger partial charge in [-0.25, -0.2) is 9.78 Å². The van der Waals surface area contributed by atoms with Gasteiger partial charge in [-0.2, -0.15) is 5.06 Å². The minimum absolute atomic E-state index is 0.105. The van der Waals surface area contributed by atoms with E-state index in [1.54, 1.807) is 0 Å². The van der Waals surface area contributed by atoms with Crippen LogP contribution in [0.3, 0.4) is 0 Å². The fourth-order valence-electron chi connectivity index (χ4n) is 2.31. The molecule has 28 heavy (non-hydrogen) atoms. The number of aromatic nitrogens is 2. The second kappa shape index (κ2) is 8.60. The third-order valence-corrected chi connectivity index (χ3v) is 3.71. The maximum absolute atomic E-state index is 12.2. The molecular weight excluding hydrogens is 364 g/mol. The Morgan fingerprint density at radius 2 is 1.82 bits per heavy atom. The predicted molar refractivity (Wildman–Crippen MR) is 98.3 cm³/mol. The minimum atomic E-state index is -0.798. The Kier molecular flexibility index (Phi) is 5.78. The van der Waals surface area contributed by atoms with Gasteiger partial charge in [-0.15, -0.1) is 0 Å². The van der Waals surface area contributed by atoms with E-state index in [1.807, 2.05) is 30.3 Å². The van der Waals surface area contributed by atoms with Crippen molar-refractivity contribution in [2.45, 2.75) is 6.61 Å². The molecule has 0 bridgehead atoms. The van der Waals surface area contributed by atoms with Crippen molar-refractivity contribution in [1.29, 1.82) is 0 Å². The zero-order valence-corrected chi connectivity index (χ0v) is 14.6. The van der Waals surface area contributed by atoms with Gasteiger partial charge in [0, 0.05) is 0 Å². The van der Waals surface area contributed by atoms with Gasteiger partial charge in [0.05, 0.1) is 17.6 Å². The van der Waals surface area contributed by atoms with Crippen LogP contribution in [-0.2, 0) is 16.2 Å². The van der Waals surface area contributed by atoms with Crippen molar-refractivity contribution in [1.82, 2.24) is 9.97 Å². The number of anilines is 1. The molecule has 0 saturated carbocycles. The highest BCUT2D eigenvalue weighted by atomic mass is 16.7. The van der Waals surface area contributed by atoms with Gasteiger partial charge in [0.1, 0.15) is 6.61 Å². The van der Waals surface area contributed by atoms with Gasteiger partial charge in [0.15, 0.2) is 5.69 Å². The molecule has 0 aliphatic rings. The molecule has 2 amide bonds. The summed E-state index contributed by atoms with van der Waals surface area (Å²) < 4.78 is 5.07. The SMILES string of the molecule is NC(=O)c1[nH]cnc1OC(=O)c1ccc(N(C=O)OCc2ccccc2)cc1. The van der Waals surface area contributed by atoms with Gasteiger partial charge in [-0.05, 0) is 29.8 Å². The number of carbonyl (C=O) groups excluding carboxylic acids is 3. The van der Waals surface area contributed by atoms with E-state index >= 15 is 0 Å². The molecule has 1 heterocycles. The van der Waals surface area contributed by atoms with Crippen molar-refractivity contribution in [2.75, 3.05) is 5.06 Å². The van der Waals surface area contributed by atoms with Crippen LogP contribution in [0.2, 0.25) is 0 Å². The van der Waals surface area contributed by atoms with Crippen LogP contribution < -0.4 is 15.5 Å². The van der Waals surface area contributed by atoms with E-state index in [1.165, 1.54) is 30.6 Å².